The summed E-state index contributed by atoms with van der Waals surface area (Å²) in [7, 11) is 0. The van der Waals surface area contributed by atoms with Crippen LogP contribution in [0, 0.1) is 0 Å². The van der Waals surface area contributed by atoms with Gasteiger partial charge in [0, 0.05) is 31.9 Å². The van der Waals surface area contributed by atoms with E-state index in [9.17, 15) is 9.59 Å². The van der Waals surface area contributed by atoms with Gasteiger partial charge in [0.05, 0.1) is 12.2 Å². The molecule has 7 heteroatoms. The van der Waals surface area contributed by atoms with Gasteiger partial charge in [0.2, 0.25) is 0 Å². The number of rotatable bonds is 3. The molecular weight excluding hydrogens is 330 g/mol. The first-order valence-corrected chi connectivity index (χ1v) is 9.23. The number of likely N-dealkylation sites (tertiary alicyclic amines) is 1. The summed E-state index contributed by atoms with van der Waals surface area (Å²) in [6, 6.07) is 6.97. The molecule has 136 valence electrons. The first-order chi connectivity index (χ1) is 12.7. The van der Waals surface area contributed by atoms with Crippen LogP contribution in [0.25, 0.3) is 0 Å². The highest BCUT2D eigenvalue weighted by molar-refractivity contribution is 5.92. The molecule has 0 spiro atoms. The van der Waals surface area contributed by atoms with Gasteiger partial charge in [-0.1, -0.05) is 6.07 Å². The third kappa shape index (κ3) is 3.53. The van der Waals surface area contributed by atoms with Crippen molar-refractivity contribution in [3.63, 3.8) is 0 Å². The van der Waals surface area contributed by atoms with E-state index in [0.717, 1.165) is 25.2 Å². The summed E-state index contributed by atoms with van der Waals surface area (Å²) >= 11 is 0. The second-order valence-corrected chi connectivity index (χ2v) is 6.93. The summed E-state index contributed by atoms with van der Waals surface area (Å²) in [6.07, 6.45) is 4.76. The molecule has 0 N–H and O–H groups in total. The van der Waals surface area contributed by atoms with Gasteiger partial charge in [-0.2, -0.15) is 0 Å². The average molecular weight is 353 g/mol. The van der Waals surface area contributed by atoms with Gasteiger partial charge >= 0.3 is 0 Å². The van der Waals surface area contributed by atoms with E-state index in [4.69, 9.17) is 4.98 Å². The van der Waals surface area contributed by atoms with Gasteiger partial charge in [-0.25, -0.2) is 4.98 Å². The highest BCUT2D eigenvalue weighted by Crippen LogP contribution is 2.14. The Morgan fingerprint density at radius 3 is 2.69 bits per heavy atom. The molecule has 2 aliphatic heterocycles. The summed E-state index contributed by atoms with van der Waals surface area (Å²) in [5.41, 5.74) is 1.21. The Morgan fingerprint density at radius 1 is 1.08 bits per heavy atom. The molecule has 1 saturated heterocycles. The summed E-state index contributed by atoms with van der Waals surface area (Å²) in [5.74, 6) is 0.562. The van der Waals surface area contributed by atoms with Crippen molar-refractivity contribution >= 4 is 5.91 Å². The lowest BCUT2D eigenvalue weighted by Crippen LogP contribution is -2.33. The second kappa shape index (κ2) is 7.37. The minimum absolute atomic E-state index is 0.0173. The molecule has 0 aliphatic carbocycles. The highest BCUT2D eigenvalue weighted by atomic mass is 16.2. The maximum atomic E-state index is 12.8. The maximum Gasteiger partial charge on any atom is 0.272 e. The van der Waals surface area contributed by atoms with E-state index in [-0.39, 0.29) is 11.5 Å². The Labute approximate surface area is 152 Å². The molecule has 2 aliphatic rings. The average Bonchev–Trinajstić information content (AvgIpc) is 3.06. The predicted octanol–water partition coefficient (Wildman–Crippen LogP) is 1.28. The monoisotopic (exact) mass is 353 g/mol. The lowest BCUT2D eigenvalue weighted by Gasteiger charge is -2.20. The lowest BCUT2D eigenvalue weighted by molar-refractivity contribution is 0.0737. The zero-order valence-electron chi connectivity index (χ0n) is 14.8. The van der Waals surface area contributed by atoms with Crippen LogP contribution in [0.4, 0.5) is 0 Å². The Morgan fingerprint density at radius 2 is 1.92 bits per heavy atom. The molecule has 0 unspecified atom stereocenters. The Hall–Kier alpha value is -2.54. The molecule has 2 aromatic rings. The van der Waals surface area contributed by atoms with Crippen molar-refractivity contribution in [3.8, 4) is 0 Å². The van der Waals surface area contributed by atoms with Gasteiger partial charge in [0.25, 0.3) is 11.5 Å². The molecule has 7 nitrogen and oxygen atoms in total. The van der Waals surface area contributed by atoms with Crippen molar-refractivity contribution in [2.45, 2.75) is 38.9 Å². The van der Waals surface area contributed by atoms with Gasteiger partial charge in [-0.15, -0.1) is 0 Å². The summed E-state index contributed by atoms with van der Waals surface area (Å²) < 4.78 is 1.71. The van der Waals surface area contributed by atoms with Crippen LogP contribution in [0.3, 0.4) is 0 Å². The number of nitrogens with zero attached hydrogens (tertiary/aromatic N) is 5. The van der Waals surface area contributed by atoms with E-state index in [1.165, 1.54) is 12.8 Å². The van der Waals surface area contributed by atoms with E-state index in [2.05, 4.69) is 9.88 Å². The van der Waals surface area contributed by atoms with Crippen LogP contribution in [0.15, 0.2) is 35.3 Å². The largest absolute Gasteiger partial charge is 0.330 e. The van der Waals surface area contributed by atoms with E-state index in [1.54, 1.807) is 33.9 Å². The SMILES string of the molecule is O=C(c1ccccn1)N1CCCn2c(nc(CN3CCCC3)cc2=O)C1. The van der Waals surface area contributed by atoms with Gasteiger partial charge in [0.1, 0.15) is 11.5 Å². The van der Waals surface area contributed by atoms with Crippen LogP contribution in [-0.2, 0) is 19.6 Å². The highest BCUT2D eigenvalue weighted by Gasteiger charge is 2.23. The van der Waals surface area contributed by atoms with Crippen molar-refractivity contribution in [2.24, 2.45) is 0 Å². The van der Waals surface area contributed by atoms with Crippen molar-refractivity contribution < 1.29 is 4.79 Å². The number of aromatic nitrogens is 3. The molecule has 0 saturated carbocycles. The van der Waals surface area contributed by atoms with Gasteiger partial charge < -0.3 is 4.90 Å². The van der Waals surface area contributed by atoms with E-state index < -0.39 is 0 Å². The quantitative estimate of drug-likeness (QED) is 0.831. The predicted molar refractivity (Wildman–Crippen MR) is 96.6 cm³/mol. The Bertz CT molecular complexity index is 843. The molecule has 4 rings (SSSR count). The topological polar surface area (TPSA) is 71.3 Å². The van der Waals surface area contributed by atoms with E-state index in [0.29, 0.717) is 37.7 Å². The molecule has 2 aromatic heterocycles. The summed E-state index contributed by atoms with van der Waals surface area (Å²) in [6.45, 7) is 4.36. The third-order valence-corrected chi connectivity index (χ3v) is 5.04. The second-order valence-electron chi connectivity index (χ2n) is 6.93. The molecular formula is C19H23N5O2. The van der Waals surface area contributed by atoms with Crippen LogP contribution in [-0.4, -0.2) is 49.9 Å². The Kier molecular flexibility index (Phi) is 4.79. The minimum atomic E-state index is -0.113. The van der Waals surface area contributed by atoms with Crippen LogP contribution >= 0.6 is 0 Å². The van der Waals surface area contributed by atoms with E-state index in [1.807, 2.05) is 6.07 Å². The summed E-state index contributed by atoms with van der Waals surface area (Å²) in [5, 5.41) is 0. The lowest BCUT2D eigenvalue weighted by atomic mass is 10.3. The number of hydrogen-bond donors (Lipinski definition) is 0. The first-order valence-electron chi connectivity index (χ1n) is 9.23. The van der Waals surface area contributed by atoms with Crippen LogP contribution in [0.5, 0.6) is 0 Å². The number of amides is 1. The van der Waals surface area contributed by atoms with Crippen LogP contribution < -0.4 is 5.56 Å². The zero-order chi connectivity index (χ0) is 17.9. The van der Waals surface area contributed by atoms with Gasteiger partial charge in [0.15, 0.2) is 0 Å². The van der Waals surface area contributed by atoms with Crippen LogP contribution in [0.2, 0.25) is 0 Å². The molecule has 26 heavy (non-hydrogen) atoms. The van der Waals surface area contributed by atoms with Crippen molar-refractivity contribution in [1.82, 2.24) is 24.3 Å². The van der Waals surface area contributed by atoms with Crippen molar-refractivity contribution in [2.75, 3.05) is 19.6 Å². The smallest absolute Gasteiger partial charge is 0.272 e. The number of hydrogen-bond acceptors (Lipinski definition) is 5. The van der Waals surface area contributed by atoms with Crippen molar-refractivity contribution in [3.05, 3.63) is 58.0 Å². The number of carbonyl (C=O) groups excluding carboxylic acids is 1. The third-order valence-electron chi connectivity index (χ3n) is 5.04. The molecule has 0 bridgehead atoms. The Balaban J connectivity index is 1.59. The van der Waals surface area contributed by atoms with Crippen molar-refractivity contribution in [1.29, 1.82) is 0 Å². The van der Waals surface area contributed by atoms with Gasteiger partial charge in [-0.05, 0) is 44.5 Å². The maximum absolute atomic E-state index is 12.8. The number of pyridine rings is 1. The number of fused-ring (bicyclic) bond motifs is 1. The molecule has 4 heterocycles. The molecule has 0 radical (unpaired) electrons. The standard InChI is InChI=1S/C19H23N5O2/c25-18-12-15(13-22-8-3-4-9-22)21-17-14-23(10-5-11-24(17)18)19(26)16-6-1-2-7-20-16/h1-2,6-7,12H,3-5,8-11,13-14H2. The zero-order valence-corrected chi connectivity index (χ0v) is 14.8. The summed E-state index contributed by atoms with van der Waals surface area (Å²) in [4.78, 5) is 38.3. The molecule has 0 atom stereocenters. The van der Waals surface area contributed by atoms with E-state index >= 15 is 0 Å². The van der Waals surface area contributed by atoms with Crippen LogP contribution in [0.1, 0.15) is 41.3 Å². The first kappa shape index (κ1) is 16.9. The van der Waals surface area contributed by atoms with Gasteiger partial charge in [-0.3, -0.25) is 24.0 Å². The fraction of sp³-hybridized carbons (Fsp3) is 0.474. The molecule has 1 fully saturated rings. The number of carbonyl (C=O) groups is 1. The fourth-order valence-corrected chi connectivity index (χ4v) is 3.71. The fourth-order valence-electron chi connectivity index (χ4n) is 3.71. The normalized spacial score (nSPS) is 17.8. The molecule has 1 amide bonds. The molecule has 0 aromatic carbocycles. The minimum Gasteiger partial charge on any atom is -0.330 e.